The SMILES string of the molecule is CN(C(=O)OC(C)(C)C)C(CN=[N+]=[N-])CC1CCCCC1. The summed E-state index contributed by atoms with van der Waals surface area (Å²) in [6.45, 7) is 5.86. The van der Waals surface area contributed by atoms with Crippen LogP contribution in [0, 0.1) is 5.92 Å². The Morgan fingerprint density at radius 1 is 1.38 bits per heavy atom. The molecule has 0 radical (unpaired) electrons. The van der Waals surface area contributed by atoms with Crippen molar-refractivity contribution < 1.29 is 9.53 Å². The summed E-state index contributed by atoms with van der Waals surface area (Å²) in [4.78, 5) is 16.6. The van der Waals surface area contributed by atoms with Crippen LogP contribution in [0.25, 0.3) is 10.4 Å². The molecule has 0 heterocycles. The van der Waals surface area contributed by atoms with Gasteiger partial charge in [0.2, 0.25) is 0 Å². The van der Waals surface area contributed by atoms with Gasteiger partial charge in [-0.2, -0.15) is 0 Å². The Bertz CT molecular complexity index is 380. The first kappa shape index (κ1) is 17.6. The number of likely N-dealkylation sites (N-methyl/N-ethyl adjacent to an activating group) is 1. The molecule has 0 aromatic carbocycles. The third-order valence-electron chi connectivity index (χ3n) is 3.92. The molecule has 0 aromatic rings. The zero-order valence-corrected chi connectivity index (χ0v) is 13.7. The molecule has 6 heteroatoms. The minimum absolute atomic E-state index is 0.0844. The zero-order chi connectivity index (χ0) is 15.9. The molecule has 0 bridgehead atoms. The maximum Gasteiger partial charge on any atom is 0.410 e. The summed E-state index contributed by atoms with van der Waals surface area (Å²) in [5.41, 5.74) is 8.04. The summed E-state index contributed by atoms with van der Waals surface area (Å²) in [5, 5.41) is 3.67. The second kappa shape index (κ2) is 8.13. The molecule has 1 rings (SSSR count). The van der Waals surface area contributed by atoms with Crippen molar-refractivity contribution in [2.75, 3.05) is 13.6 Å². The van der Waals surface area contributed by atoms with Crippen LogP contribution in [0.1, 0.15) is 59.3 Å². The van der Waals surface area contributed by atoms with Crippen molar-refractivity contribution in [1.82, 2.24) is 4.90 Å². The average molecular weight is 296 g/mol. The van der Waals surface area contributed by atoms with Crippen LogP contribution in [-0.4, -0.2) is 36.2 Å². The number of hydrogen-bond donors (Lipinski definition) is 0. The highest BCUT2D eigenvalue weighted by Crippen LogP contribution is 2.29. The minimum Gasteiger partial charge on any atom is -0.444 e. The smallest absolute Gasteiger partial charge is 0.410 e. The van der Waals surface area contributed by atoms with E-state index in [0.29, 0.717) is 12.5 Å². The minimum atomic E-state index is -0.515. The second-order valence-electron chi connectivity index (χ2n) is 6.90. The lowest BCUT2D eigenvalue weighted by Gasteiger charge is -2.33. The highest BCUT2D eigenvalue weighted by molar-refractivity contribution is 5.68. The number of rotatable bonds is 5. The maximum atomic E-state index is 12.2. The Morgan fingerprint density at radius 3 is 2.52 bits per heavy atom. The lowest BCUT2D eigenvalue weighted by molar-refractivity contribution is 0.0203. The highest BCUT2D eigenvalue weighted by Gasteiger charge is 2.27. The Kier molecular flexibility index (Phi) is 6.82. The molecule has 0 spiro atoms. The van der Waals surface area contributed by atoms with E-state index in [1.165, 1.54) is 32.1 Å². The van der Waals surface area contributed by atoms with Crippen molar-refractivity contribution in [3.63, 3.8) is 0 Å². The predicted molar refractivity (Wildman–Crippen MR) is 83.0 cm³/mol. The van der Waals surface area contributed by atoms with Crippen LogP contribution in [0.4, 0.5) is 4.79 Å². The number of amides is 1. The van der Waals surface area contributed by atoms with E-state index in [4.69, 9.17) is 10.3 Å². The Hall–Kier alpha value is -1.42. The van der Waals surface area contributed by atoms with Crippen LogP contribution in [0.15, 0.2) is 5.11 Å². The van der Waals surface area contributed by atoms with Gasteiger partial charge in [-0.05, 0) is 38.6 Å². The van der Waals surface area contributed by atoms with Gasteiger partial charge in [0.1, 0.15) is 5.60 Å². The van der Waals surface area contributed by atoms with Gasteiger partial charge in [0.15, 0.2) is 0 Å². The first-order valence-corrected chi connectivity index (χ1v) is 7.80. The summed E-state index contributed by atoms with van der Waals surface area (Å²) < 4.78 is 5.40. The van der Waals surface area contributed by atoms with Gasteiger partial charge in [-0.1, -0.05) is 37.2 Å². The number of azide groups is 1. The van der Waals surface area contributed by atoms with E-state index < -0.39 is 5.60 Å². The number of ether oxygens (including phenoxy) is 1. The predicted octanol–water partition coefficient (Wildman–Crippen LogP) is 4.50. The fourth-order valence-corrected chi connectivity index (χ4v) is 2.78. The Balaban J connectivity index is 2.65. The van der Waals surface area contributed by atoms with Crippen LogP contribution >= 0.6 is 0 Å². The van der Waals surface area contributed by atoms with E-state index >= 15 is 0 Å². The fraction of sp³-hybridized carbons (Fsp3) is 0.933. The van der Waals surface area contributed by atoms with Gasteiger partial charge in [0.25, 0.3) is 0 Å². The summed E-state index contributed by atoms with van der Waals surface area (Å²) in [6, 6.07) is -0.0844. The molecule has 1 aliphatic rings. The molecule has 21 heavy (non-hydrogen) atoms. The van der Waals surface area contributed by atoms with Crippen molar-refractivity contribution in [1.29, 1.82) is 0 Å². The number of nitrogens with zero attached hydrogens (tertiary/aromatic N) is 4. The van der Waals surface area contributed by atoms with Gasteiger partial charge >= 0.3 is 6.09 Å². The first-order chi connectivity index (χ1) is 9.83. The highest BCUT2D eigenvalue weighted by atomic mass is 16.6. The van der Waals surface area contributed by atoms with Gasteiger partial charge in [-0.15, -0.1) is 0 Å². The number of carbonyl (C=O) groups excluding carboxylic acids is 1. The molecule has 1 amide bonds. The van der Waals surface area contributed by atoms with Crippen LogP contribution in [0.2, 0.25) is 0 Å². The molecule has 0 saturated heterocycles. The quantitative estimate of drug-likeness (QED) is 0.425. The molecule has 6 nitrogen and oxygen atoms in total. The van der Waals surface area contributed by atoms with Crippen molar-refractivity contribution >= 4 is 6.09 Å². The molecule has 0 aromatic heterocycles. The molecule has 1 atom stereocenters. The van der Waals surface area contributed by atoms with E-state index in [2.05, 4.69) is 10.0 Å². The zero-order valence-electron chi connectivity index (χ0n) is 13.7. The van der Waals surface area contributed by atoms with E-state index in [-0.39, 0.29) is 12.1 Å². The van der Waals surface area contributed by atoms with E-state index in [1.54, 1.807) is 11.9 Å². The van der Waals surface area contributed by atoms with Gasteiger partial charge < -0.3 is 9.64 Å². The van der Waals surface area contributed by atoms with E-state index in [1.807, 2.05) is 20.8 Å². The molecular weight excluding hydrogens is 268 g/mol. The lowest BCUT2D eigenvalue weighted by Crippen LogP contribution is -2.43. The summed E-state index contributed by atoms with van der Waals surface area (Å²) in [7, 11) is 1.73. The second-order valence-corrected chi connectivity index (χ2v) is 6.90. The van der Waals surface area contributed by atoms with Gasteiger partial charge in [0, 0.05) is 24.5 Å². The van der Waals surface area contributed by atoms with E-state index in [0.717, 1.165) is 6.42 Å². The standard InChI is InChI=1S/C15H28N4O2/c1-15(2,3)21-14(20)19(4)13(11-17-18-16)10-12-8-6-5-7-9-12/h12-13H,5-11H2,1-4H3. The lowest BCUT2D eigenvalue weighted by atomic mass is 9.84. The largest absolute Gasteiger partial charge is 0.444 e. The Labute approximate surface area is 127 Å². The van der Waals surface area contributed by atoms with Gasteiger partial charge in [-0.3, -0.25) is 0 Å². The molecule has 1 aliphatic carbocycles. The third kappa shape index (κ3) is 6.71. The summed E-state index contributed by atoms with van der Waals surface area (Å²) in [6.07, 6.45) is 6.76. The third-order valence-corrected chi connectivity index (χ3v) is 3.92. The fourth-order valence-electron chi connectivity index (χ4n) is 2.78. The maximum absolute atomic E-state index is 12.2. The van der Waals surface area contributed by atoms with Crippen molar-refractivity contribution in [2.45, 2.75) is 70.9 Å². The molecular formula is C15H28N4O2. The molecule has 0 N–H and O–H groups in total. The monoisotopic (exact) mass is 296 g/mol. The molecule has 0 aliphatic heterocycles. The van der Waals surface area contributed by atoms with Crippen molar-refractivity contribution in [2.24, 2.45) is 11.0 Å². The van der Waals surface area contributed by atoms with Crippen molar-refractivity contribution in [3.8, 4) is 0 Å². The molecule has 1 fully saturated rings. The Morgan fingerprint density at radius 2 is 2.00 bits per heavy atom. The normalized spacial score (nSPS) is 17.7. The average Bonchev–Trinajstić information content (AvgIpc) is 2.42. The molecule has 1 unspecified atom stereocenters. The molecule has 120 valence electrons. The van der Waals surface area contributed by atoms with Gasteiger partial charge in [-0.25, -0.2) is 4.79 Å². The summed E-state index contributed by atoms with van der Waals surface area (Å²) >= 11 is 0. The number of hydrogen-bond acceptors (Lipinski definition) is 3. The topological polar surface area (TPSA) is 78.3 Å². The van der Waals surface area contributed by atoms with Crippen LogP contribution in [-0.2, 0) is 4.74 Å². The first-order valence-electron chi connectivity index (χ1n) is 7.80. The molecule has 1 saturated carbocycles. The van der Waals surface area contributed by atoms with E-state index in [9.17, 15) is 4.79 Å². The van der Waals surface area contributed by atoms with Crippen LogP contribution in [0.3, 0.4) is 0 Å². The van der Waals surface area contributed by atoms with Gasteiger partial charge in [0.05, 0.1) is 0 Å². The van der Waals surface area contributed by atoms with Crippen molar-refractivity contribution in [3.05, 3.63) is 10.4 Å². The van der Waals surface area contributed by atoms with Crippen LogP contribution in [0.5, 0.6) is 0 Å². The summed E-state index contributed by atoms with van der Waals surface area (Å²) in [5.74, 6) is 0.613. The number of carbonyl (C=O) groups is 1. The van der Waals surface area contributed by atoms with Crippen LogP contribution < -0.4 is 0 Å².